The maximum absolute atomic E-state index is 11.7. The second kappa shape index (κ2) is 13.1. The van der Waals surface area contributed by atoms with Crippen LogP contribution < -0.4 is 5.32 Å². The van der Waals surface area contributed by atoms with E-state index in [9.17, 15) is 19.8 Å². The zero-order valence-corrected chi connectivity index (χ0v) is 16.3. The van der Waals surface area contributed by atoms with E-state index in [4.69, 9.17) is 4.74 Å². The highest BCUT2D eigenvalue weighted by Crippen LogP contribution is 2.22. The Morgan fingerprint density at radius 1 is 1.08 bits per heavy atom. The summed E-state index contributed by atoms with van der Waals surface area (Å²) in [5, 5.41) is 22.2. The summed E-state index contributed by atoms with van der Waals surface area (Å²) in [5.41, 5.74) is -1.05. The van der Waals surface area contributed by atoms with Crippen LogP contribution in [0.5, 0.6) is 0 Å². The van der Waals surface area contributed by atoms with Crippen LogP contribution in [-0.2, 0) is 9.53 Å². The summed E-state index contributed by atoms with van der Waals surface area (Å²) in [5.74, 6) is 0.402. The van der Waals surface area contributed by atoms with Crippen molar-refractivity contribution in [1.82, 2.24) is 5.32 Å². The largest absolute Gasteiger partial charge is 0.447 e. The van der Waals surface area contributed by atoms with Gasteiger partial charge < -0.3 is 20.3 Å². The zero-order chi connectivity index (χ0) is 19.3. The first-order valence-electron chi connectivity index (χ1n) is 10.3. The highest BCUT2D eigenvalue weighted by atomic mass is 16.6. The first-order chi connectivity index (χ1) is 12.5. The molecule has 3 N–H and O–H groups in total. The second-order valence-electron chi connectivity index (χ2n) is 7.54. The molecule has 1 aliphatic heterocycles. The molecule has 1 heterocycles. The number of Topliss-reactive ketones (excluding diaryl/α,β-unsaturated/α-hetero) is 1. The monoisotopic (exact) mass is 371 g/mol. The molecular weight excluding hydrogens is 334 g/mol. The Balaban J connectivity index is 1.97. The summed E-state index contributed by atoms with van der Waals surface area (Å²) in [7, 11) is 0. The maximum Gasteiger partial charge on any atom is 0.407 e. The van der Waals surface area contributed by atoms with Crippen molar-refractivity contribution in [2.45, 2.75) is 102 Å². The third kappa shape index (κ3) is 8.49. The van der Waals surface area contributed by atoms with Crippen molar-refractivity contribution in [2.75, 3.05) is 13.2 Å². The molecule has 1 fully saturated rings. The van der Waals surface area contributed by atoms with Crippen LogP contribution in [0.15, 0.2) is 0 Å². The van der Waals surface area contributed by atoms with E-state index in [1.807, 2.05) is 0 Å². The molecule has 1 amide bonds. The van der Waals surface area contributed by atoms with Gasteiger partial charge in [0.1, 0.15) is 17.9 Å². The van der Waals surface area contributed by atoms with Gasteiger partial charge in [-0.3, -0.25) is 4.79 Å². The molecule has 0 aromatic carbocycles. The van der Waals surface area contributed by atoms with Crippen LogP contribution in [0.1, 0.15) is 90.4 Å². The van der Waals surface area contributed by atoms with Crippen molar-refractivity contribution in [3.63, 3.8) is 0 Å². The Morgan fingerprint density at radius 2 is 1.65 bits per heavy atom. The van der Waals surface area contributed by atoms with Gasteiger partial charge in [0.15, 0.2) is 0 Å². The first kappa shape index (κ1) is 22.9. The quantitative estimate of drug-likeness (QED) is 0.361. The average Bonchev–Trinajstić information content (AvgIpc) is 3.03. The third-order valence-corrected chi connectivity index (χ3v) is 5.22. The molecule has 0 aromatic heterocycles. The molecule has 152 valence electrons. The number of rotatable bonds is 16. The molecule has 0 bridgehead atoms. The van der Waals surface area contributed by atoms with E-state index >= 15 is 0 Å². The Labute approximate surface area is 157 Å². The van der Waals surface area contributed by atoms with Crippen molar-refractivity contribution in [1.29, 1.82) is 0 Å². The lowest BCUT2D eigenvalue weighted by atomic mass is 9.90. The molecule has 2 atom stereocenters. The molecule has 0 aromatic rings. The Morgan fingerprint density at radius 3 is 2.19 bits per heavy atom. The Hall–Kier alpha value is -1.14. The smallest absolute Gasteiger partial charge is 0.407 e. The van der Waals surface area contributed by atoms with Gasteiger partial charge in [-0.05, 0) is 19.3 Å². The number of hydrogen-bond donors (Lipinski definition) is 3. The standard InChI is InChI=1S/C20H37NO5/c1-2-3-4-9-12-17(23)13-10-7-5-6-8-11-14-18(24)20(15-22)16-26-19(25)21-20/h18,22,24H,2-16H2,1H3,(H,21,25)/t18-,20+/m1/s1. The molecular formula is C20H37NO5. The number of alkyl carbamates (subject to hydrolysis) is 1. The third-order valence-electron chi connectivity index (χ3n) is 5.22. The van der Waals surface area contributed by atoms with Gasteiger partial charge >= 0.3 is 6.09 Å². The lowest BCUT2D eigenvalue weighted by Crippen LogP contribution is -2.56. The Kier molecular flexibility index (Phi) is 11.5. The predicted octanol–water partition coefficient (Wildman–Crippen LogP) is 3.48. The fourth-order valence-electron chi connectivity index (χ4n) is 3.36. The first-order valence-corrected chi connectivity index (χ1v) is 10.3. The summed E-state index contributed by atoms with van der Waals surface area (Å²) in [6, 6.07) is 0. The van der Waals surface area contributed by atoms with Crippen molar-refractivity contribution >= 4 is 11.9 Å². The molecule has 0 unspecified atom stereocenters. The molecule has 26 heavy (non-hydrogen) atoms. The number of ketones is 1. The lowest BCUT2D eigenvalue weighted by molar-refractivity contribution is -0.119. The minimum Gasteiger partial charge on any atom is -0.447 e. The minimum atomic E-state index is -1.05. The molecule has 6 nitrogen and oxygen atoms in total. The molecule has 1 rings (SSSR count). The van der Waals surface area contributed by atoms with Crippen molar-refractivity contribution in [2.24, 2.45) is 0 Å². The maximum atomic E-state index is 11.7. The van der Waals surface area contributed by atoms with Crippen molar-refractivity contribution in [3.8, 4) is 0 Å². The van der Waals surface area contributed by atoms with E-state index in [0.29, 0.717) is 18.6 Å². The summed E-state index contributed by atoms with van der Waals surface area (Å²) in [6.07, 6.45) is 11.3. The van der Waals surface area contributed by atoms with Crippen molar-refractivity contribution < 1.29 is 24.5 Å². The number of cyclic esters (lactones) is 1. The zero-order valence-electron chi connectivity index (χ0n) is 16.3. The highest BCUT2D eigenvalue weighted by molar-refractivity contribution is 5.78. The van der Waals surface area contributed by atoms with Gasteiger partial charge in [-0.15, -0.1) is 0 Å². The topological polar surface area (TPSA) is 95.9 Å². The number of carbonyl (C=O) groups is 2. The summed E-state index contributed by atoms with van der Waals surface area (Å²) >= 11 is 0. The number of carbonyl (C=O) groups excluding carboxylic acids is 2. The molecule has 6 heteroatoms. The van der Waals surface area contributed by atoms with Crippen LogP contribution in [0.4, 0.5) is 4.79 Å². The van der Waals surface area contributed by atoms with Crippen LogP contribution in [0, 0.1) is 0 Å². The van der Waals surface area contributed by atoms with Gasteiger partial charge in [0.25, 0.3) is 0 Å². The highest BCUT2D eigenvalue weighted by Gasteiger charge is 2.44. The van der Waals surface area contributed by atoms with Crippen molar-refractivity contribution in [3.05, 3.63) is 0 Å². The van der Waals surface area contributed by atoms with Crippen LogP contribution in [-0.4, -0.2) is 46.9 Å². The van der Waals surface area contributed by atoms with Gasteiger partial charge in [0.05, 0.1) is 12.7 Å². The minimum absolute atomic E-state index is 0.00989. The van der Waals surface area contributed by atoms with Crippen LogP contribution in [0.25, 0.3) is 0 Å². The number of unbranched alkanes of at least 4 members (excludes halogenated alkanes) is 8. The van der Waals surface area contributed by atoms with Gasteiger partial charge in [-0.2, -0.15) is 0 Å². The van der Waals surface area contributed by atoms with E-state index in [1.165, 1.54) is 19.3 Å². The number of amides is 1. The molecule has 0 radical (unpaired) electrons. The number of aliphatic hydroxyl groups is 2. The van der Waals surface area contributed by atoms with E-state index in [1.54, 1.807) is 0 Å². The average molecular weight is 372 g/mol. The number of aliphatic hydroxyl groups excluding tert-OH is 2. The predicted molar refractivity (Wildman–Crippen MR) is 101 cm³/mol. The number of hydrogen-bond acceptors (Lipinski definition) is 5. The van der Waals surface area contributed by atoms with E-state index in [0.717, 1.165) is 51.4 Å². The number of nitrogens with one attached hydrogen (secondary N) is 1. The van der Waals surface area contributed by atoms with Crippen LogP contribution >= 0.6 is 0 Å². The number of ether oxygens (including phenoxy) is 1. The van der Waals surface area contributed by atoms with E-state index in [2.05, 4.69) is 12.2 Å². The second-order valence-corrected chi connectivity index (χ2v) is 7.54. The van der Waals surface area contributed by atoms with Gasteiger partial charge in [0, 0.05) is 12.8 Å². The molecule has 0 aliphatic carbocycles. The summed E-state index contributed by atoms with van der Waals surface area (Å²) < 4.78 is 4.81. The molecule has 1 aliphatic rings. The molecule has 1 saturated heterocycles. The van der Waals surface area contributed by atoms with Gasteiger partial charge in [-0.1, -0.05) is 58.3 Å². The van der Waals surface area contributed by atoms with Crippen LogP contribution in [0.3, 0.4) is 0 Å². The normalized spacial score (nSPS) is 20.7. The molecule has 0 spiro atoms. The SMILES string of the molecule is CCCCCCC(=O)CCCCCCCC[C@@H](O)[C@]1(CO)COC(=O)N1. The summed E-state index contributed by atoms with van der Waals surface area (Å²) in [6.45, 7) is 1.86. The van der Waals surface area contributed by atoms with Gasteiger partial charge in [-0.25, -0.2) is 4.79 Å². The van der Waals surface area contributed by atoms with E-state index in [-0.39, 0.29) is 13.2 Å². The fourth-order valence-corrected chi connectivity index (χ4v) is 3.36. The Bertz CT molecular complexity index is 415. The molecule has 0 saturated carbocycles. The van der Waals surface area contributed by atoms with E-state index < -0.39 is 17.7 Å². The summed E-state index contributed by atoms with van der Waals surface area (Å²) in [4.78, 5) is 22.9. The van der Waals surface area contributed by atoms with Gasteiger partial charge in [0.2, 0.25) is 0 Å². The fraction of sp³-hybridized carbons (Fsp3) is 0.900. The van der Waals surface area contributed by atoms with Crippen LogP contribution in [0.2, 0.25) is 0 Å². The lowest BCUT2D eigenvalue weighted by Gasteiger charge is -2.29.